The number of nitrogens with zero attached hydrogens (tertiary/aromatic N) is 1. The Balaban J connectivity index is 1.43. The van der Waals surface area contributed by atoms with Gasteiger partial charge in [-0.05, 0) is 43.9 Å². The van der Waals surface area contributed by atoms with Crippen molar-refractivity contribution in [1.29, 1.82) is 0 Å². The van der Waals surface area contributed by atoms with Crippen LogP contribution in [0.15, 0.2) is 18.2 Å². The second-order valence-corrected chi connectivity index (χ2v) is 8.95. The molecule has 6 nitrogen and oxygen atoms in total. The Bertz CT molecular complexity index is 781. The van der Waals surface area contributed by atoms with Crippen molar-refractivity contribution >= 4 is 40.9 Å². The largest absolute Gasteiger partial charge is 0.354 e. The molecule has 8 heteroatoms. The van der Waals surface area contributed by atoms with Crippen LogP contribution < -0.4 is 10.6 Å². The first-order valence-corrected chi connectivity index (χ1v) is 11.5. The molecule has 2 N–H and O–H groups in total. The summed E-state index contributed by atoms with van der Waals surface area (Å²) >= 11 is 11.9. The number of piperidine rings is 1. The molecule has 1 aliphatic carbocycles. The molecule has 30 heavy (non-hydrogen) atoms. The van der Waals surface area contributed by atoms with Crippen molar-refractivity contribution in [2.75, 3.05) is 26.2 Å². The standard InChI is InChI=1S/C22H29Cl2N3O3/c23-18-9-8-16(13-19(18)24)22(30)27-12-4-7-17(14-27)21(29)26-11-10-25-20(28)15-5-2-1-3-6-15/h8-9,13,15,17H,1-7,10-12,14H2,(H,25,28)(H,26,29). The molecule has 0 aromatic heterocycles. The van der Waals surface area contributed by atoms with Gasteiger partial charge in [0.2, 0.25) is 11.8 Å². The van der Waals surface area contributed by atoms with E-state index in [4.69, 9.17) is 23.2 Å². The highest BCUT2D eigenvalue weighted by atomic mass is 35.5. The summed E-state index contributed by atoms with van der Waals surface area (Å²) in [5.74, 6) is -0.257. The predicted octanol–water partition coefficient (Wildman–Crippen LogP) is 3.66. The molecule has 3 amide bonds. The maximum absolute atomic E-state index is 12.8. The number of halogens is 2. The average Bonchev–Trinajstić information content (AvgIpc) is 2.78. The molecular weight excluding hydrogens is 425 g/mol. The van der Waals surface area contributed by atoms with Crippen molar-refractivity contribution in [2.45, 2.75) is 44.9 Å². The van der Waals surface area contributed by atoms with Crippen LogP contribution in [0.3, 0.4) is 0 Å². The van der Waals surface area contributed by atoms with E-state index in [1.807, 2.05) is 0 Å². The second-order valence-electron chi connectivity index (χ2n) is 8.14. The van der Waals surface area contributed by atoms with Crippen LogP contribution in [0.25, 0.3) is 0 Å². The van der Waals surface area contributed by atoms with Gasteiger partial charge in [0.05, 0.1) is 16.0 Å². The first kappa shape index (κ1) is 22.9. The Morgan fingerprint density at radius 2 is 1.50 bits per heavy atom. The van der Waals surface area contributed by atoms with Gasteiger partial charge in [0.25, 0.3) is 5.91 Å². The molecule has 0 spiro atoms. The maximum atomic E-state index is 12.8. The van der Waals surface area contributed by atoms with E-state index >= 15 is 0 Å². The third-order valence-corrected chi connectivity index (χ3v) is 6.68. The van der Waals surface area contributed by atoms with Gasteiger partial charge in [-0.1, -0.05) is 42.5 Å². The quantitative estimate of drug-likeness (QED) is 0.644. The van der Waals surface area contributed by atoms with E-state index in [2.05, 4.69) is 10.6 Å². The number of carbonyl (C=O) groups is 3. The van der Waals surface area contributed by atoms with E-state index in [0.29, 0.717) is 41.8 Å². The van der Waals surface area contributed by atoms with Gasteiger partial charge in [-0.25, -0.2) is 0 Å². The zero-order valence-electron chi connectivity index (χ0n) is 17.1. The Morgan fingerprint density at radius 1 is 0.867 bits per heavy atom. The Morgan fingerprint density at radius 3 is 2.17 bits per heavy atom. The number of hydrogen-bond donors (Lipinski definition) is 2. The fraction of sp³-hybridized carbons (Fsp3) is 0.591. The van der Waals surface area contributed by atoms with E-state index in [1.54, 1.807) is 23.1 Å². The number of rotatable bonds is 6. The molecule has 1 heterocycles. The Kier molecular flexibility index (Phi) is 8.40. The molecule has 164 valence electrons. The van der Waals surface area contributed by atoms with Gasteiger partial charge in [-0.2, -0.15) is 0 Å². The molecule has 1 saturated carbocycles. The van der Waals surface area contributed by atoms with Crippen LogP contribution >= 0.6 is 23.2 Å². The lowest BCUT2D eigenvalue weighted by Gasteiger charge is -2.32. The molecule has 0 radical (unpaired) electrons. The van der Waals surface area contributed by atoms with Crippen molar-refractivity contribution in [3.05, 3.63) is 33.8 Å². The molecule has 3 rings (SSSR count). The first-order valence-electron chi connectivity index (χ1n) is 10.8. The van der Waals surface area contributed by atoms with Crippen LogP contribution in [0, 0.1) is 11.8 Å². The van der Waals surface area contributed by atoms with Gasteiger partial charge in [0.15, 0.2) is 0 Å². The SMILES string of the molecule is O=C(NCCNC(=O)C1CCCN(C(=O)c2ccc(Cl)c(Cl)c2)C1)C1CCCCC1. The Labute approximate surface area is 187 Å². The molecule has 1 atom stereocenters. The second kappa shape index (κ2) is 11.0. The summed E-state index contributed by atoms with van der Waals surface area (Å²) in [5.41, 5.74) is 0.468. The van der Waals surface area contributed by atoms with Gasteiger partial charge >= 0.3 is 0 Å². The van der Waals surface area contributed by atoms with Crippen LogP contribution in [-0.2, 0) is 9.59 Å². The first-order chi connectivity index (χ1) is 14.5. The van der Waals surface area contributed by atoms with E-state index in [-0.39, 0.29) is 29.6 Å². The van der Waals surface area contributed by atoms with Gasteiger partial charge in [0.1, 0.15) is 0 Å². The number of nitrogens with one attached hydrogen (secondary N) is 2. The molecule has 1 aromatic rings. The molecule has 1 aliphatic heterocycles. The maximum Gasteiger partial charge on any atom is 0.253 e. The van der Waals surface area contributed by atoms with Crippen LogP contribution in [-0.4, -0.2) is 48.8 Å². The third-order valence-electron chi connectivity index (χ3n) is 5.95. The van der Waals surface area contributed by atoms with Crippen LogP contribution in [0.2, 0.25) is 10.0 Å². The van der Waals surface area contributed by atoms with Crippen molar-refractivity contribution in [3.63, 3.8) is 0 Å². The third kappa shape index (κ3) is 6.11. The fourth-order valence-corrected chi connectivity index (χ4v) is 4.51. The average molecular weight is 454 g/mol. The van der Waals surface area contributed by atoms with E-state index < -0.39 is 0 Å². The minimum Gasteiger partial charge on any atom is -0.354 e. The lowest BCUT2D eigenvalue weighted by atomic mass is 9.89. The number of likely N-dealkylation sites (tertiary alicyclic amines) is 1. The molecule has 0 bridgehead atoms. The fourth-order valence-electron chi connectivity index (χ4n) is 4.21. The number of amides is 3. The van der Waals surface area contributed by atoms with Crippen molar-refractivity contribution in [2.24, 2.45) is 11.8 Å². The predicted molar refractivity (Wildman–Crippen MR) is 118 cm³/mol. The van der Waals surface area contributed by atoms with Crippen LogP contribution in [0.4, 0.5) is 0 Å². The van der Waals surface area contributed by atoms with Crippen LogP contribution in [0.1, 0.15) is 55.3 Å². The smallest absolute Gasteiger partial charge is 0.253 e. The normalized spacial score (nSPS) is 19.9. The number of hydrogen-bond acceptors (Lipinski definition) is 3. The molecule has 2 aliphatic rings. The monoisotopic (exact) mass is 453 g/mol. The highest BCUT2D eigenvalue weighted by Gasteiger charge is 2.29. The molecule has 1 aromatic carbocycles. The Hall–Kier alpha value is -1.79. The highest BCUT2D eigenvalue weighted by Crippen LogP contribution is 2.25. The summed E-state index contributed by atoms with van der Waals surface area (Å²) in [5, 5.41) is 6.56. The van der Waals surface area contributed by atoms with Crippen molar-refractivity contribution in [3.8, 4) is 0 Å². The highest BCUT2D eigenvalue weighted by molar-refractivity contribution is 6.42. The van der Waals surface area contributed by atoms with E-state index in [1.165, 1.54) is 6.42 Å². The van der Waals surface area contributed by atoms with Gasteiger partial charge in [-0.15, -0.1) is 0 Å². The van der Waals surface area contributed by atoms with Crippen molar-refractivity contribution < 1.29 is 14.4 Å². The van der Waals surface area contributed by atoms with Gasteiger partial charge in [-0.3, -0.25) is 14.4 Å². The minimum absolute atomic E-state index is 0.0754. The minimum atomic E-state index is -0.250. The molecule has 1 unspecified atom stereocenters. The van der Waals surface area contributed by atoms with E-state index in [0.717, 1.165) is 38.5 Å². The molecular formula is C22H29Cl2N3O3. The van der Waals surface area contributed by atoms with Crippen molar-refractivity contribution in [1.82, 2.24) is 15.5 Å². The van der Waals surface area contributed by atoms with Gasteiger partial charge < -0.3 is 15.5 Å². The molecule has 2 fully saturated rings. The summed E-state index contributed by atoms with van der Waals surface area (Å²) in [7, 11) is 0. The summed E-state index contributed by atoms with van der Waals surface area (Å²) < 4.78 is 0. The zero-order valence-corrected chi connectivity index (χ0v) is 18.6. The lowest BCUT2D eigenvalue weighted by molar-refractivity contribution is -0.128. The van der Waals surface area contributed by atoms with Crippen LogP contribution in [0.5, 0.6) is 0 Å². The molecule has 1 saturated heterocycles. The number of carbonyl (C=O) groups excluding carboxylic acids is 3. The summed E-state index contributed by atoms with van der Waals surface area (Å²) in [6.07, 6.45) is 6.88. The zero-order chi connectivity index (χ0) is 21.5. The summed E-state index contributed by atoms with van der Waals surface area (Å²) in [4.78, 5) is 39.2. The topological polar surface area (TPSA) is 78.5 Å². The van der Waals surface area contributed by atoms with Gasteiger partial charge in [0, 0.05) is 37.7 Å². The van der Waals surface area contributed by atoms with E-state index in [9.17, 15) is 14.4 Å². The summed E-state index contributed by atoms with van der Waals surface area (Å²) in [6, 6.07) is 4.81. The lowest BCUT2D eigenvalue weighted by Crippen LogP contribution is -2.46. The summed E-state index contributed by atoms with van der Waals surface area (Å²) in [6.45, 7) is 1.81. The number of benzene rings is 1.